The Morgan fingerprint density at radius 2 is 2.03 bits per heavy atom. The number of nitro benzene ring substituents is 1. The summed E-state index contributed by atoms with van der Waals surface area (Å²) in [6.45, 7) is 0.154. The maximum atomic E-state index is 12.1. The number of carbonyl (C=O) groups excluding carboxylic acids is 2. The second-order valence-corrected chi connectivity index (χ2v) is 7.25. The zero-order chi connectivity index (χ0) is 23.9. The smallest absolute Gasteiger partial charge is 0.282 e. The van der Waals surface area contributed by atoms with Gasteiger partial charge in [0.15, 0.2) is 0 Å². The van der Waals surface area contributed by atoms with Gasteiger partial charge in [-0.05, 0) is 13.0 Å². The van der Waals surface area contributed by atoms with Gasteiger partial charge in [-0.15, -0.1) is 0 Å². The predicted octanol–water partition coefficient (Wildman–Crippen LogP) is -0.771. The second kappa shape index (κ2) is 10.5. The van der Waals surface area contributed by atoms with Crippen LogP contribution in [0.5, 0.6) is 5.75 Å². The number of phosphoric acid groups is 1. The number of hydrogen-bond acceptors (Lipinski definition) is 11. The van der Waals surface area contributed by atoms with Crippen molar-refractivity contribution in [3.63, 3.8) is 0 Å². The standard InChI is InChI=1S/C17H18N5O9P/c1-10-16(24)13(11(6-18-10)9-31-32(28,29)30)7-20-21-15(23)8-19-17(25)12-4-2-3-5-14(12)22(26)27/h2-7,24H,8-9H2,1H3,(H,19,25)(H,21,23)(H2,28,29,30)/p-2/b20-7+. The number of aryl methyl sites for hydroxylation is 1. The molecule has 0 aliphatic heterocycles. The van der Waals surface area contributed by atoms with Crippen LogP contribution in [0.4, 0.5) is 5.69 Å². The first-order valence-electron chi connectivity index (χ1n) is 8.67. The molecule has 2 aromatic rings. The molecular formula is C17H16N5O9P-2. The van der Waals surface area contributed by atoms with Crippen molar-refractivity contribution in [1.29, 1.82) is 0 Å². The number of aromatic hydroxyl groups is 1. The van der Waals surface area contributed by atoms with Crippen LogP contribution < -0.4 is 20.5 Å². The van der Waals surface area contributed by atoms with E-state index < -0.39 is 43.4 Å². The van der Waals surface area contributed by atoms with E-state index in [4.69, 9.17) is 0 Å². The third kappa shape index (κ3) is 6.92. The topological polar surface area (TPSA) is 219 Å². The Labute approximate surface area is 180 Å². The van der Waals surface area contributed by atoms with E-state index in [0.29, 0.717) is 0 Å². The Kier molecular flexibility index (Phi) is 8.09. The van der Waals surface area contributed by atoms with Gasteiger partial charge in [0.05, 0.1) is 37.8 Å². The monoisotopic (exact) mass is 465 g/mol. The van der Waals surface area contributed by atoms with Gasteiger partial charge in [-0.3, -0.25) is 24.7 Å². The van der Waals surface area contributed by atoms with Gasteiger partial charge >= 0.3 is 0 Å². The summed E-state index contributed by atoms with van der Waals surface area (Å²) in [5.41, 5.74) is 1.49. The van der Waals surface area contributed by atoms with Crippen molar-refractivity contribution in [3.8, 4) is 5.75 Å². The van der Waals surface area contributed by atoms with Gasteiger partial charge in [-0.2, -0.15) is 5.10 Å². The Bertz CT molecular complexity index is 1120. The number of hydrazone groups is 1. The lowest BCUT2D eigenvalue weighted by Crippen LogP contribution is -2.35. The van der Waals surface area contributed by atoms with Gasteiger partial charge in [-0.1, -0.05) is 12.1 Å². The first-order valence-corrected chi connectivity index (χ1v) is 10.1. The van der Waals surface area contributed by atoms with Gasteiger partial charge in [0, 0.05) is 23.4 Å². The largest absolute Gasteiger partial charge is 0.790 e. The average Bonchev–Trinajstić information content (AvgIpc) is 2.73. The summed E-state index contributed by atoms with van der Waals surface area (Å²) in [6, 6.07) is 5.18. The number of rotatable bonds is 9. The summed E-state index contributed by atoms with van der Waals surface area (Å²) in [5.74, 6) is -2.04. The first-order chi connectivity index (χ1) is 15.0. The number of phosphoric ester groups is 1. The van der Waals surface area contributed by atoms with E-state index in [1.54, 1.807) is 0 Å². The van der Waals surface area contributed by atoms with Gasteiger partial charge in [0.1, 0.15) is 11.3 Å². The highest BCUT2D eigenvalue weighted by atomic mass is 31.2. The predicted molar refractivity (Wildman–Crippen MR) is 104 cm³/mol. The van der Waals surface area contributed by atoms with Gasteiger partial charge in [0.2, 0.25) is 0 Å². The third-order valence-corrected chi connectivity index (χ3v) is 4.32. The molecule has 0 unspecified atom stereocenters. The Morgan fingerprint density at radius 1 is 1.34 bits per heavy atom. The molecule has 0 aliphatic rings. The molecule has 3 N–H and O–H groups in total. The van der Waals surface area contributed by atoms with Gasteiger partial charge < -0.3 is 29.3 Å². The molecule has 0 radical (unpaired) electrons. The molecule has 1 aromatic heterocycles. The number of aromatic nitrogens is 1. The van der Waals surface area contributed by atoms with E-state index >= 15 is 0 Å². The number of pyridine rings is 1. The minimum Gasteiger partial charge on any atom is -0.790 e. The number of amides is 2. The summed E-state index contributed by atoms with van der Waals surface area (Å²) < 4.78 is 14.8. The molecule has 0 fully saturated rings. The molecule has 1 heterocycles. The summed E-state index contributed by atoms with van der Waals surface area (Å²) in [6.07, 6.45) is 2.12. The number of nitrogens with zero attached hydrogens (tertiary/aromatic N) is 3. The lowest BCUT2D eigenvalue weighted by molar-refractivity contribution is -0.385. The van der Waals surface area contributed by atoms with Crippen LogP contribution in [0.25, 0.3) is 0 Å². The van der Waals surface area contributed by atoms with Crippen LogP contribution in [0, 0.1) is 17.0 Å². The molecule has 1 aromatic carbocycles. The van der Waals surface area contributed by atoms with Crippen molar-refractivity contribution in [2.45, 2.75) is 13.5 Å². The summed E-state index contributed by atoms with van der Waals surface area (Å²) >= 11 is 0. The molecule has 14 nitrogen and oxygen atoms in total. The molecule has 0 bridgehead atoms. The Morgan fingerprint density at radius 3 is 2.69 bits per heavy atom. The molecule has 0 saturated heterocycles. The quantitative estimate of drug-likeness (QED) is 0.182. The van der Waals surface area contributed by atoms with E-state index in [0.717, 1.165) is 18.5 Å². The van der Waals surface area contributed by atoms with Crippen LogP contribution in [-0.4, -0.2) is 39.6 Å². The maximum Gasteiger partial charge on any atom is 0.282 e. The van der Waals surface area contributed by atoms with Crippen LogP contribution in [-0.2, 0) is 20.5 Å². The highest BCUT2D eigenvalue weighted by Crippen LogP contribution is 2.29. The van der Waals surface area contributed by atoms with Crippen molar-refractivity contribution in [3.05, 3.63) is 63.0 Å². The van der Waals surface area contributed by atoms with Crippen molar-refractivity contribution in [2.75, 3.05) is 6.54 Å². The summed E-state index contributed by atoms with van der Waals surface area (Å²) in [4.78, 5) is 59.3. The van der Waals surface area contributed by atoms with Crippen molar-refractivity contribution in [1.82, 2.24) is 15.7 Å². The number of nitro groups is 1. The van der Waals surface area contributed by atoms with Crippen molar-refractivity contribution >= 4 is 31.5 Å². The number of carbonyl (C=O) groups is 2. The highest BCUT2D eigenvalue weighted by molar-refractivity contribution is 7.43. The highest BCUT2D eigenvalue weighted by Gasteiger charge is 2.19. The normalized spacial score (nSPS) is 11.3. The van der Waals surface area contributed by atoms with E-state index in [1.807, 2.05) is 0 Å². The van der Waals surface area contributed by atoms with Crippen LogP contribution >= 0.6 is 7.82 Å². The summed E-state index contributed by atoms with van der Waals surface area (Å²) in [7, 11) is -5.28. The second-order valence-electron chi connectivity index (χ2n) is 6.10. The van der Waals surface area contributed by atoms with E-state index in [9.17, 15) is 39.2 Å². The molecule has 170 valence electrons. The minimum absolute atomic E-state index is 0.00251. The number of hydrogen-bond donors (Lipinski definition) is 3. The molecule has 15 heteroatoms. The number of para-hydroxylation sites is 1. The van der Waals surface area contributed by atoms with Gasteiger partial charge in [-0.25, -0.2) is 5.43 Å². The van der Waals surface area contributed by atoms with Crippen molar-refractivity contribution < 1.29 is 38.5 Å². The zero-order valence-corrected chi connectivity index (χ0v) is 17.3. The third-order valence-electron chi connectivity index (χ3n) is 3.87. The van der Waals surface area contributed by atoms with Crippen LogP contribution in [0.2, 0.25) is 0 Å². The molecular weight excluding hydrogens is 449 g/mol. The number of benzene rings is 1. The van der Waals surface area contributed by atoms with Gasteiger partial charge in [0.25, 0.3) is 17.5 Å². The Hall–Kier alpha value is -3.71. The fraction of sp³-hybridized carbons (Fsp3) is 0.176. The zero-order valence-electron chi connectivity index (χ0n) is 16.4. The fourth-order valence-electron chi connectivity index (χ4n) is 2.35. The maximum absolute atomic E-state index is 12.1. The van der Waals surface area contributed by atoms with Crippen LogP contribution in [0.15, 0.2) is 35.6 Å². The molecule has 0 atom stereocenters. The van der Waals surface area contributed by atoms with E-state index in [2.05, 4.69) is 25.4 Å². The van der Waals surface area contributed by atoms with Crippen LogP contribution in [0.1, 0.15) is 27.2 Å². The lowest BCUT2D eigenvalue weighted by atomic mass is 10.1. The molecule has 2 rings (SSSR count). The van der Waals surface area contributed by atoms with E-state index in [1.165, 1.54) is 25.1 Å². The molecule has 0 saturated carbocycles. The SMILES string of the molecule is Cc1ncc(COP(=O)([O-])[O-])c(/C=N/NC(=O)CNC(=O)c2ccccc2[N+](=O)[O-])c1O. The molecule has 0 spiro atoms. The molecule has 0 aliphatic carbocycles. The molecule has 32 heavy (non-hydrogen) atoms. The average molecular weight is 465 g/mol. The van der Waals surface area contributed by atoms with E-state index in [-0.39, 0.29) is 28.1 Å². The lowest BCUT2D eigenvalue weighted by Gasteiger charge is -2.28. The first kappa shape index (κ1) is 24.6. The van der Waals surface area contributed by atoms with Crippen LogP contribution in [0.3, 0.4) is 0 Å². The van der Waals surface area contributed by atoms with Crippen molar-refractivity contribution in [2.24, 2.45) is 5.10 Å². The molecule has 2 amide bonds. The fourth-order valence-corrected chi connectivity index (χ4v) is 2.65. The minimum atomic E-state index is -5.28. The Balaban J connectivity index is 2.02. The number of nitrogens with one attached hydrogen (secondary N) is 2. The summed E-state index contributed by atoms with van der Waals surface area (Å²) in [5, 5.41) is 26.8.